The highest BCUT2D eigenvalue weighted by Crippen LogP contribution is 2.32. The fourth-order valence-electron chi connectivity index (χ4n) is 5.41. The van der Waals surface area contributed by atoms with E-state index in [0.29, 0.717) is 61.6 Å². The molecule has 7 nitrogen and oxygen atoms in total. The molecule has 240 valence electrons. The third kappa shape index (κ3) is 9.65. The molecule has 45 heavy (non-hydrogen) atoms. The Bertz CT molecular complexity index is 1460. The first-order valence-corrected chi connectivity index (χ1v) is 15.2. The summed E-state index contributed by atoms with van der Waals surface area (Å²) < 4.78 is 52.8. The van der Waals surface area contributed by atoms with Crippen molar-refractivity contribution in [2.75, 3.05) is 26.4 Å². The molecular weight excluding hydrogens is 585 g/mol. The van der Waals surface area contributed by atoms with E-state index in [1.165, 1.54) is 24.3 Å². The van der Waals surface area contributed by atoms with Gasteiger partial charge in [-0.2, -0.15) is 0 Å². The Kier molecular flexibility index (Phi) is 11.8. The summed E-state index contributed by atoms with van der Waals surface area (Å²) in [5, 5.41) is 0. The van der Waals surface area contributed by atoms with Crippen LogP contribution in [-0.2, 0) is 22.4 Å². The Morgan fingerprint density at radius 1 is 0.956 bits per heavy atom. The van der Waals surface area contributed by atoms with Crippen LogP contribution in [0.25, 0.3) is 0 Å². The number of ketones is 1. The number of aryl methyl sites for hydroxylation is 1. The molecule has 1 aliphatic rings. The summed E-state index contributed by atoms with van der Waals surface area (Å²) in [6, 6.07) is 19.9. The van der Waals surface area contributed by atoms with Crippen LogP contribution in [0.1, 0.15) is 55.1 Å². The Balaban J connectivity index is 1.55. The molecule has 0 aliphatic carbocycles. The van der Waals surface area contributed by atoms with Crippen molar-refractivity contribution in [1.29, 1.82) is 0 Å². The van der Waals surface area contributed by atoms with E-state index in [9.17, 15) is 22.8 Å². The lowest BCUT2D eigenvalue weighted by Crippen LogP contribution is -2.46. The molecule has 2 atom stereocenters. The second-order valence-electron chi connectivity index (χ2n) is 10.8. The van der Waals surface area contributed by atoms with Gasteiger partial charge in [0.25, 0.3) is 0 Å². The Labute approximate surface area is 262 Å². The molecule has 0 N–H and O–H groups in total. The van der Waals surface area contributed by atoms with E-state index in [2.05, 4.69) is 4.74 Å². The zero-order valence-corrected chi connectivity index (χ0v) is 25.8. The van der Waals surface area contributed by atoms with E-state index in [0.717, 1.165) is 11.3 Å². The maximum Gasteiger partial charge on any atom is 0.573 e. The summed E-state index contributed by atoms with van der Waals surface area (Å²) in [5.41, 5.74) is 3.48. The molecule has 0 saturated heterocycles. The lowest BCUT2D eigenvalue weighted by molar-refractivity contribution is -0.274. The van der Waals surface area contributed by atoms with Crippen LogP contribution in [0.15, 0.2) is 77.8 Å². The van der Waals surface area contributed by atoms with Gasteiger partial charge in [0.1, 0.15) is 11.5 Å². The van der Waals surface area contributed by atoms with Gasteiger partial charge in [-0.1, -0.05) is 36.4 Å². The number of Topliss-reactive ketones (excluding diaryl/α,β-unsaturated/α-hetero) is 1. The molecule has 3 aromatic carbocycles. The molecule has 0 fully saturated rings. The number of amides is 1. The standard InChI is InChI=1S/C35H39F3N2O5/c1-4-43-21-20-40(33(41)22-26-13-18-29(19-14-26)45-35(36,37)38)24(3)32-23-27(34(42)30-8-6-7-9-31(30)39-32)15-10-25-11-16-28(17-12-25)44-5-2/h6-9,11-14,16-19,24,27H,4-5,10,15,20-23H2,1-3H3. The number of para-hydroxylation sites is 1. The van der Waals surface area contributed by atoms with Crippen molar-refractivity contribution in [3.8, 4) is 11.5 Å². The second-order valence-corrected chi connectivity index (χ2v) is 10.8. The number of aliphatic imine (C=N–C) groups is 1. The molecule has 2 unspecified atom stereocenters. The topological polar surface area (TPSA) is 77.4 Å². The predicted octanol–water partition coefficient (Wildman–Crippen LogP) is 7.39. The SMILES string of the molecule is CCOCCN(C(=O)Cc1ccc(OC(F)(F)F)cc1)C(C)C1=Nc2ccccc2C(=O)C(CCc2ccc(OCC)cc2)C1. The number of alkyl halides is 3. The van der Waals surface area contributed by atoms with Crippen LogP contribution in [0.5, 0.6) is 11.5 Å². The average Bonchev–Trinajstić information content (AvgIpc) is 3.15. The highest BCUT2D eigenvalue weighted by Gasteiger charge is 2.33. The smallest absolute Gasteiger partial charge is 0.494 e. The number of ether oxygens (including phenoxy) is 3. The third-order valence-corrected chi connectivity index (χ3v) is 7.74. The number of hydrogen-bond donors (Lipinski definition) is 0. The van der Waals surface area contributed by atoms with E-state index in [-0.39, 0.29) is 36.3 Å². The second kappa shape index (κ2) is 15.7. The number of carbonyl (C=O) groups is 2. The molecule has 1 heterocycles. The van der Waals surface area contributed by atoms with E-state index >= 15 is 0 Å². The Morgan fingerprint density at radius 3 is 2.29 bits per heavy atom. The van der Waals surface area contributed by atoms with Gasteiger partial charge < -0.3 is 19.1 Å². The molecule has 10 heteroatoms. The average molecular weight is 625 g/mol. The highest BCUT2D eigenvalue weighted by molar-refractivity contribution is 6.08. The maximum atomic E-state index is 13.8. The van der Waals surface area contributed by atoms with Crippen molar-refractivity contribution in [3.05, 3.63) is 89.5 Å². The largest absolute Gasteiger partial charge is 0.573 e. The minimum absolute atomic E-state index is 0.0239. The minimum Gasteiger partial charge on any atom is -0.494 e. The van der Waals surface area contributed by atoms with Crippen molar-refractivity contribution < 1.29 is 37.0 Å². The number of carbonyl (C=O) groups excluding carboxylic acids is 2. The molecule has 4 rings (SSSR count). The van der Waals surface area contributed by atoms with Crippen molar-refractivity contribution in [3.63, 3.8) is 0 Å². The summed E-state index contributed by atoms with van der Waals surface area (Å²) in [5.74, 6) is -0.106. The lowest BCUT2D eigenvalue weighted by Gasteiger charge is -2.31. The molecule has 1 aliphatic heterocycles. The van der Waals surface area contributed by atoms with Crippen molar-refractivity contribution in [2.24, 2.45) is 10.9 Å². The van der Waals surface area contributed by atoms with Crippen molar-refractivity contribution in [2.45, 2.75) is 58.9 Å². The monoisotopic (exact) mass is 624 g/mol. The predicted molar refractivity (Wildman–Crippen MR) is 166 cm³/mol. The van der Waals surface area contributed by atoms with Gasteiger partial charge in [-0.25, -0.2) is 0 Å². The van der Waals surface area contributed by atoms with Crippen LogP contribution in [0.2, 0.25) is 0 Å². The van der Waals surface area contributed by atoms with Gasteiger partial charge in [-0.15, -0.1) is 13.2 Å². The summed E-state index contributed by atoms with van der Waals surface area (Å²) in [4.78, 5) is 34.1. The van der Waals surface area contributed by atoms with Gasteiger partial charge in [0.2, 0.25) is 5.91 Å². The third-order valence-electron chi connectivity index (χ3n) is 7.74. The fourth-order valence-corrected chi connectivity index (χ4v) is 5.41. The summed E-state index contributed by atoms with van der Waals surface area (Å²) in [6.45, 7) is 7.35. The maximum absolute atomic E-state index is 13.8. The van der Waals surface area contributed by atoms with E-state index < -0.39 is 12.4 Å². The van der Waals surface area contributed by atoms with Gasteiger partial charge in [-0.3, -0.25) is 14.6 Å². The summed E-state index contributed by atoms with van der Waals surface area (Å²) in [6.07, 6.45) is -3.16. The van der Waals surface area contributed by atoms with Gasteiger partial charge in [0.15, 0.2) is 5.78 Å². The van der Waals surface area contributed by atoms with Crippen molar-refractivity contribution >= 4 is 23.1 Å². The minimum atomic E-state index is -4.80. The van der Waals surface area contributed by atoms with Crippen LogP contribution in [0.3, 0.4) is 0 Å². The Morgan fingerprint density at radius 2 is 1.62 bits per heavy atom. The van der Waals surface area contributed by atoms with E-state index in [1.807, 2.05) is 63.2 Å². The molecule has 0 saturated carbocycles. The first-order chi connectivity index (χ1) is 21.6. The number of hydrogen-bond acceptors (Lipinski definition) is 6. The fraction of sp³-hybridized carbons (Fsp3) is 0.400. The first-order valence-electron chi connectivity index (χ1n) is 15.2. The summed E-state index contributed by atoms with van der Waals surface area (Å²) in [7, 11) is 0. The van der Waals surface area contributed by atoms with E-state index in [1.54, 1.807) is 11.0 Å². The van der Waals surface area contributed by atoms with Crippen molar-refractivity contribution in [1.82, 2.24) is 4.90 Å². The highest BCUT2D eigenvalue weighted by atomic mass is 19.4. The van der Waals surface area contributed by atoms with Crippen LogP contribution in [0, 0.1) is 5.92 Å². The first kappa shape index (κ1) is 33.7. The zero-order valence-electron chi connectivity index (χ0n) is 25.8. The molecule has 3 aromatic rings. The molecule has 1 amide bonds. The number of nitrogens with zero attached hydrogens (tertiary/aromatic N) is 2. The van der Waals surface area contributed by atoms with E-state index in [4.69, 9.17) is 14.5 Å². The summed E-state index contributed by atoms with van der Waals surface area (Å²) >= 11 is 0. The number of benzene rings is 3. The zero-order chi connectivity index (χ0) is 32.4. The van der Waals surface area contributed by atoms with Gasteiger partial charge in [-0.05, 0) is 87.6 Å². The van der Waals surface area contributed by atoms with Gasteiger partial charge >= 0.3 is 6.36 Å². The van der Waals surface area contributed by atoms with Crippen LogP contribution < -0.4 is 9.47 Å². The number of halogens is 3. The van der Waals surface area contributed by atoms with Crippen LogP contribution in [-0.4, -0.2) is 61.1 Å². The molecule has 0 spiro atoms. The normalized spacial score (nSPS) is 15.5. The number of rotatable bonds is 14. The molecular formula is C35H39F3N2O5. The van der Waals surface area contributed by atoms with Crippen LogP contribution in [0.4, 0.5) is 18.9 Å². The van der Waals surface area contributed by atoms with Crippen LogP contribution >= 0.6 is 0 Å². The van der Waals surface area contributed by atoms with Gasteiger partial charge in [0.05, 0.1) is 31.4 Å². The number of fused-ring (bicyclic) bond motifs is 1. The quantitative estimate of drug-likeness (QED) is 0.175. The molecule has 0 bridgehead atoms. The Hall–Kier alpha value is -4.18. The molecule has 0 radical (unpaired) electrons. The molecule has 0 aromatic heterocycles. The van der Waals surface area contributed by atoms with Gasteiger partial charge in [0, 0.05) is 30.3 Å². The lowest BCUT2D eigenvalue weighted by atomic mass is 9.86.